The summed E-state index contributed by atoms with van der Waals surface area (Å²) in [5.41, 5.74) is 5.64. The van der Waals surface area contributed by atoms with E-state index in [4.69, 9.17) is 0 Å². The minimum Gasteiger partial charge on any atom is -0.378 e. The molecule has 5 rings (SSSR count). The molecule has 0 saturated heterocycles. The number of aryl methyl sites for hydroxylation is 1. The molecule has 0 fully saturated rings. The third kappa shape index (κ3) is 4.68. The number of aromatic amines is 1. The van der Waals surface area contributed by atoms with E-state index in [1.165, 1.54) is 21.2 Å². The van der Waals surface area contributed by atoms with Gasteiger partial charge in [0, 0.05) is 62.2 Å². The highest BCUT2D eigenvalue weighted by molar-refractivity contribution is 7.18. The Morgan fingerprint density at radius 2 is 1.79 bits per heavy atom. The van der Waals surface area contributed by atoms with Crippen molar-refractivity contribution in [3.05, 3.63) is 95.1 Å². The van der Waals surface area contributed by atoms with E-state index >= 15 is 0 Å². The van der Waals surface area contributed by atoms with Gasteiger partial charge in [-0.25, -0.2) is 4.98 Å². The van der Waals surface area contributed by atoms with Crippen molar-refractivity contribution in [2.75, 3.05) is 25.5 Å². The van der Waals surface area contributed by atoms with Crippen molar-refractivity contribution in [2.24, 2.45) is 0 Å². The van der Waals surface area contributed by atoms with Crippen LogP contribution in [-0.4, -0.2) is 36.5 Å². The SMILES string of the molecule is CN(C)c1ccc(C(CNC(=O)CCc2nc3ccccc3s2)c2c[nH]c3ccccc23)cc1. The molecule has 0 aliphatic rings. The Balaban J connectivity index is 1.32. The number of nitrogens with zero attached hydrogens (tertiary/aromatic N) is 2. The van der Waals surface area contributed by atoms with Gasteiger partial charge in [-0.15, -0.1) is 11.3 Å². The predicted molar refractivity (Wildman–Crippen MR) is 142 cm³/mol. The number of anilines is 1. The van der Waals surface area contributed by atoms with Gasteiger partial charge in [0.15, 0.2) is 0 Å². The maximum atomic E-state index is 12.8. The van der Waals surface area contributed by atoms with E-state index < -0.39 is 0 Å². The number of aromatic nitrogens is 2. The number of H-pyrrole nitrogens is 1. The van der Waals surface area contributed by atoms with Crippen LogP contribution >= 0.6 is 11.3 Å². The molecule has 172 valence electrons. The number of thiazole rings is 1. The van der Waals surface area contributed by atoms with E-state index in [2.05, 4.69) is 74.9 Å². The van der Waals surface area contributed by atoms with Crippen LogP contribution in [0.3, 0.4) is 0 Å². The number of carbonyl (C=O) groups is 1. The standard InChI is InChI=1S/C28H28N4OS/c1-32(2)20-13-11-19(12-14-20)22(23-18-29-24-8-4-3-7-21(23)24)17-30-27(33)15-16-28-31-25-9-5-6-10-26(25)34-28/h3-14,18,22,29H,15-17H2,1-2H3,(H,30,33). The van der Waals surface area contributed by atoms with Crippen molar-refractivity contribution in [3.63, 3.8) is 0 Å². The van der Waals surface area contributed by atoms with E-state index in [-0.39, 0.29) is 11.8 Å². The molecule has 2 heterocycles. The van der Waals surface area contributed by atoms with Crippen LogP contribution in [0, 0.1) is 0 Å². The fraction of sp³-hybridized carbons (Fsp3) is 0.214. The van der Waals surface area contributed by atoms with Gasteiger partial charge >= 0.3 is 0 Å². The third-order valence-electron chi connectivity index (χ3n) is 6.22. The zero-order valence-corrected chi connectivity index (χ0v) is 20.2. The summed E-state index contributed by atoms with van der Waals surface area (Å²) in [7, 11) is 4.08. The highest BCUT2D eigenvalue weighted by atomic mass is 32.1. The molecule has 0 aliphatic heterocycles. The summed E-state index contributed by atoms with van der Waals surface area (Å²) < 4.78 is 1.17. The number of hydrogen-bond acceptors (Lipinski definition) is 4. The van der Waals surface area contributed by atoms with Gasteiger partial charge in [-0.05, 0) is 41.5 Å². The van der Waals surface area contributed by atoms with Gasteiger partial charge in [0.05, 0.1) is 15.2 Å². The van der Waals surface area contributed by atoms with Gasteiger partial charge in [0.25, 0.3) is 0 Å². The minimum absolute atomic E-state index is 0.0500. The number of rotatable bonds is 8. The summed E-state index contributed by atoms with van der Waals surface area (Å²) in [6.45, 7) is 0.543. The molecule has 34 heavy (non-hydrogen) atoms. The number of benzene rings is 3. The second-order valence-corrected chi connectivity index (χ2v) is 9.82. The van der Waals surface area contributed by atoms with E-state index in [1.54, 1.807) is 11.3 Å². The Morgan fingerprint density at radius 3 is 2.59 bits per heavy atom. The van der Waals surface area contributed by atoms with Crippen LogP contribution in [0.15, 0.2) is 79.0 Å². The van der Waals surface area contributed by atoms with Crippen molar-refractivity contribution in [1.82, 2.24) is 15.3 Å². The molecule has 2 aromatic heterocycles. The first-order valence-corrected chi connectivity index (χ1v) is 12.3. The van der Waals surface area contributed by atoms with Gasteiger partial charge in [-0.1, -0.05) is 42.5 Å². The number of hydrogen-bond donors (Lipinski definition) is 2. The second kappa shape index (κ2) is 9.69. The first kappa shape index (κ1) is 22.2. The maximum Gasteiger partial charge on any atom is 0.220 e. The highest BCUT2D eigenvalue weighted by Crippen LogP contribution is 2.31. The average molecular weight is 469 g/mol. The molecule has 0 saturated carbocycles. The van der Waals surface area contributed by atoms with Crippen molar-refractivity contribution in [2.45, 2.75) is 18.8 Å². The molecular formula is C28H28N4OS. The summed E-state index contributed by atoms with van der Waals surface area (Å²) >= 11 is 1.66. The number of fused-ring (bicyclic) bond motifs is 2. The molecule has 0 spiro atoms. The quantitative estimate of drug-likeness (QED) is 0.306. The fourth-order valence-electron chi connectivity index (χ4n) is 4.35. The smallest absolute Gasteiger partial charge is 0.220 e. The molecule has 1 unspecified atom stereocenters. The van der Waals surface area contributed by atoms with Crippen LogP contribution < -0.4 is 10.2 Å². The molecule has 2 N–H and O–H groups in total. The van der Waals surface area contributed by atoms with Crippen LogP contribution in [0.5, 0.6) is 0 Å². The van der Waals surface area contributed by atoms with Crippen LogP contribution in [0.4, 0.5) is 5.69 Å². The van der Waals surface area contributed by atoms with Crippen LogP contribution in [-0.2, 0) is 11.2 Å². The summed E-state index contributed by atoms with van der Waals surface area (Å²) in [5, 5.41) is 5.38. The molecule has 1 amide bonds. The van der Waals surface area contributed by atoms with E-state index in [9.17, 15) is 4.79 Å². The van der Waals surface area contributed by atoms with Gasteiger partial charge in [-0.2, -0.15) is 0 Å². The predicted octanol–water partition coefficient (Wildman–Crippen LogP) is 5.72. The van der Waals surface area contributed by atoms with Crippen molar-refractivity contribution < 1.29 is 4.79 Å². The normalized spacial score (nSPS) is 12.2. The Labute approximate surface area is 203 Å². The molecular weight excluding hydrogens is 440 g/mol. The van der Waals surface area contributed by atoms with Crippen molar-refractivity contribution in [3.8, 4) is 0 Å². The Hall–Kier alpha value is -3.64. The zero-order chi connectivity index (χ0) is 23.5. The largest absolute Gasteiger partial charge is 0.378 e. The number of nitrogens with one attached hydrogen (secondary N) is 2. The van der Waals surface area contributed by atoms with Crippen LogP contribution in [0.2, 0.25) is 0 Å². The second-order valence-electron chi connectivity index (χ2n) is 8.71. The lowest BCUT2D eigenvalue weighted by atomic mass is 9.90. The summed E-state index contributed by atoms with van der Waals surface area (Å²) in [6.07, 6.45) is 3.16. The monoisotopic (exact) mass is 468 g/mol. The first-order chi connectivity index (χ1) is 16.6. The highest BCUT2D eigenvalue weighted by Gasteiger charge is 2.19. The lowest BCUT2D eigenvalue weighted by Crippen LogP contribution is -2.29. The van der Waals surface area contributed by atoms with Crippen LogP contribution in [0.25, 0.3) is 21.1 Å². The summed E-state index contributed by atoms with van der Waals surface area (Å²) in [5.74, 6) is 0.104. The number of amides is 1. The average Bonchev–Trinajstić information content (AvgIpc) is 3.47. The van der Waals surface area contributed by atoms with Gasteiger partial charge < -0.3 is 15.2 Å². The Kier molecular flexibility index (Phi) is 6.32. The summed E-state index contributed by atoms with van der Waals surface area (Å²) in [4.78, 5) is 22.9. The Morgan fingerprint density at radius 1 is 1.03 bits per heavy atom. The number of para-hydroxylation sites is 2. The zero-order valence-electron chi connectivity index (χ0n) is 19.4. The Bertz CT molecular complexity index is 1380. The van der Waals surface area contributed by atoms with E-state index in [0.717, 1.165) is 21.7 Å². The molecule has 0 bridgehead atoms. The van der Waals surface area contributed by atoms with Gasteiger partial charge in [0.2, 0.25) is 5.91 Å². The van der Waals surface area contributed by atoms with Crippen LogP contribution in [0.1, 0.15) is 28.5 Å². The lowest BCUT2D eigenvalue weighted by molar-refractivity contribution is -0.121. The molecule has 6 heteroatoms. The molecule has 1 atom stereocenters. The molecule has 5 nitrogen and oxygen atoms in total. The van der Waals surface area contributed by atoms with E-state index in [1.807, 2.05) is 38.4 Å². The van der Waals surface area contributed by atoms with Crippen molar-refractivity contribution >= 4 is 44.1 Å². The maximum absolute atomic E-state index is 12.8. The molecule has 3 aromatic carbocycles. The number of carbonyl (C=O) groups excluding carboxylic acids is 1. The molecule has 5 aromatic rings. The fourth-order valence-corrected chi connectivity index (χ4v) is 5.31. The minimum atomic E-state index is 0.0500. The first-order valence-electron chi connectivity index (χ1n) is 11.5. The molecule has 0 radical (unpaired) electrons. The van der Waals surface area contributed by atoms with Gasteiger partial charge in [0.1, 0.15) is 0 Å². The summed E-state index contributed by atoms with van der Waals surface area (Å²) in [6, 6.07) is 25.0. The third-order valence-corrected chi connectivity index (χ3v) is 7.31. The van der Waals surface area contributed by atoms with Crippen molar-refractivity contribution in [1.29, 1.82) is 0 Å². The topological polar surface area (TPSA) is 61.0 Å². The van der Waals surface area contributed by atoms with E-state index in [0.29, 0.717) is 19.4 Å². The van der Waals surface area contributed by atoms with Gasteiger partial charge in [-0.3, -0.25) is 4.79 Å². The molecule has 0 aliphatic carbocycles. The lowest BCUT2D eigenvalue weighted by Gasteiger charge is -2.20.